The highest BCUT2D eigenvalue weighted by Gasteiger charge is 2.33. The molecule has 1 aliphatic heterocycles. The van der Waals surface area contributed by atoms with Crippen LogP contribution in [0.25, 0.3) is 0 Å². The molecule has 1 atom stereocenters. The molecule has 0 aromatic rings. The molecule has 1 unspecified atom stereocenters. The lowest BCUT2D eigenvalue weighted by molar-refractivity contribution is -0.144. The number of carboxylic acid groups (broad SMARTS) is 1. The van der Waals surface area contributed by atoms with Gasteiger partial charge in [-0.25, -0.2) is 15.1 Å². The molecule has 1 aliphatic rings. The molecule has 114 valence electrons. The van der Waals surface area contributed by atoms with Crippen molar-refractivity contribution in [3.63, 3.8) is 0 Å². The quantitative estimate of drug-likeness (QED) is 0.555. The standard InChI is InChI=1S/C11H19N3O6/c1-7(2)12-10(17)8-5-19-4-3-14(8)11(18)13-20-6-9(15)16/h7-8H,3-6H2,1-2H3,(H,12,17)(H,13,18)(H,15,16). The third-order valence-electron chi connectivity index (χ3n) is 2.48. The lowest BCUT2D eigenvalue weighted by Gasteiger charge is -2.34. The van der Waals surface area contributed by atoms with Crippen LogP contribution >= 0.6 is 0 Å². The van der Waals surface area contributed by atoms with Crippen molar-refractivity contribution in [2.45, 2.75) is 25.9 Å². The van der Waals surface area contributed by atoms with E-state index in [1.165, 1.54) is 4.90 Å². The van der Waals surface area contributed by atoms with Gasteiger partial charge in [0.1, 0.15) is 6.04 Å². The molecule has 0 spiro atoms. The molecule has 1 rings (SSSR count). The van der Waals surface area contributed by atoms with E-state index in [1.54, 1.807) is 0 Å². The van der Waals surface area contributed by atoms with Crippen LogP contribution in [-0.4, -0.2) is 66.4 Å². The van der Waals surface area contributed by atoms with E-state index in [9.17, 15) is 14.4 Å². The molecule has 1 heterocycles. The van der Waals surface area contributed by atoms with Crippen molar-refractivity contribution in [2.24, 2.45) is 0 Å². The Morgan fingerprint density at radius 2 is 2.15 bits per heavy atom. The van der Waals surface area contributed by atoms with Gasteiger partial charge in [0.25, 0.3) is 0 Å². The van der Waals surface area contributed by atoms with Gasteiger partial charge >= 0.3 is 12.0 Å². The Morgan fingerprint density at radius 1 is 1.45 bits per heavy atom. The molecule has 3 N–H and O–H groups in total. The molecule has 0 bridgehead atoms. The van der Waals surface area contributed by atoms with Gasteiger partial charge in [0.2, 0.25) is 5.91 Å². The fourth-order valence-electron chi connectivity index (χ4n) is 1.66. The first-order valence-corrected chi connectivity index (χ1v) is 6.20. The number of hydroxylamine groups is 1. The molecular weight excluding hydrogens is 270 g/mol. The fraction of sp³-hybridized carbons (Fsp3) is 0.727. The third kappa shape index (κ3) is 5.02. The van der Waals surface area contributed by atoms with Crippen LogP contribution in [0.5, 0.6) is 0 Å². The van der Waals surface area contributed by atoms with Gasteiger partial charge in [-0.3, -0.25) is 9.63 Å². The van der Waals surface area contributed by atoms with Crippen molar-refractivity contribution in [2.75, 3.05) is 26.4 Å². The number of carboxylic acids is 1. The van der Waals surface area contributed by atoms with Gasteiger partial charge in [0.05, 0.1) is 13.2 Å². The van der Waals surface area contributed by atoms with Gasteiger partial charge in [-0.2, -0.15) is 0 Å². The zero-order valence-electron chi connectivity index (χ0n) is 11.4. The highest BCUT2D eigenvalue weighted by atomic mass is 16.7. The van der Waals surface area contributed by atoms with Crippen LogP contribution < -0.4 is 10.8 Å². The van der Waals surface area contributed by atoms with Gasteiger partial charge in [-0.15, -0.1) is 0 Å². The van der Waals surface area contributed by atoms with E-state index in [2.05, 4.69) is 10.2 Å². The van der Waals surface area contributed by atoms with Crippen LogP contribution in [0.3, 0.4) is 0 Å². The number of rotatable bonds is 5. The first kappa shape index (κ1) is 16.2. The number of nitrogens with zero attached hydrogens (tertiary/aromatic N) is 1. The summed E-state index contributed by atoms with van der Waals surface area (Å²) in [5.41, 5.74) is 1.99. The van der Waals surface area contributed by atoms with Crippen LogP contribution in [0.4, 0.5) is 4.79 Å². The average Bonchev–Trinajstić information content (AvgIpc) is 2.37. The number of carbonyl (C=O) groups excluding carboxylic acids is 2. The molecule has 1 fully saturated rings. The Balaban J connectivity index is 2.56. The molecule has 0 aromatic carbocycles. The number of ether oxygens (including phenoxy) is 1. The maximum Gasteiger partial charge on any atom is 0.342 e. The number of morpholine rings is 1. The van der Waals surface area contributed by atoms with Crippen LogP contribution in [0.1, 0.15) is 13.8 Å². The topological polar surface area (TPSA) is 117 Å². The lowest BCUT2D eigenvalue weighted by Crippen LogP contribution is -2.59. The summed E-state index contributed by atoms with van der Waals surface area (Å²) in [7, 11) is 0. The normalized spacial score (nSPS) is 18.8. The van der Waals surface area contributed by atoms with Crippen LogP contribution in [0, 0.1) is 0 Å². The summed E-state index contributed by atoms with van der Waals surface area (Å²) >= 11 is 0. The fourth-order valence-corrected chi connectivity index (χ4v) is 1.66. The molecular formula is C11H19N3O6. The summed E-state index contributed by atoms with van der Waals surface area (Å²) < 4.78 is 5.19. The third-order valence-corrected chi connectivity index (χ3v) is 2.48. The van der Waals surface area contributed by atoms with Crippen molar-refractivity contribution in [3.8, 4) is 0 Å². The monoisotopic (exact) mass is 289 g/mol. The van der Waals surface area contributed by atoms with Crippen molar-refractivity contribution >= 4 is 17.9 Å². The number of hydrogen-bond acceptors (Lipinski definition) is 5. The molecule has 0 radical (unpaired) electrons. The number of carbonyl (C=O) groups is 3. The molecule has 3 amide bonds. The Bertz CT molecular complexity index is 373. The van der Waals surface area contributed by atoms with E-state index in [0.717, 1.165) is 0 Å². The summed E-state index contributed by atoms with van der Waals surface area (Å²) in [5, 5.41) is 11.1. The molecule has 0 aliphatic carbocycles. The summed E-state index contributed by atoms with van der Waals surface area (Å²) in [6.45, 7) is 3.57. The number of nitrogens with one attached hydrogen (secondary N) is 2. The van der Waals surface area contributed by atoms with Crippen molar-refractivity contribution in [1.29, 1.82) is 0 Å². The summed E-state index contributed by atoms with van der Waals surface area (Å²) in [4.78, 5) is 39.8. The Morgan fingerprint density at radius 3 is 2.75 bits per heavy atom. The maximum absolute atomic E-state index is 12.0. The number of hydrogen-bond donors (Lipinski definition) is 3. The zero-order valence-corrected chi connectivity index (χ0v) is 11.4. The molecule has 9 heteroatoms. The van der Waals surface area contributed by atoms with Gasteiger partial charge < -0.3 is 20.1 Å². The SMILES string of the molecule is CC(C)NC(=O)C1COCCN1C(=O)NOCC(=O)O. The van der Waals surface area contributed by atoms with E-state index < -0.39 is 24.6 Å². The molecule has 0 saturated carbocycles. The van der Waals surface area contributed by atoms with Crippen LogP contribution in [0.15, 0.2) is 0 Å². The first-order valence-electron chi connectivity index (χ1n) is 6.20. The minimum Gasteiger partial charge on any atom is -0.479 e. The molecule has 1 saturated heterocycles. The second kappa shape index (κ2) is 7.65. The van der Waals surface area contributed by atoms with E-state index in [4.69, 9.17) is 9.84 Å². The van der Waals surface area contributed by atoms with E-state index >= 15 is 0 Å². The smallest absolute Gasteiger partial charge is 0.342 e. The molecule has 9 nitrogen and oxygen atoms in total. The maximum atomic E-state index is 12.0. The molecule has 0 aromatic heterocycles. The Kier molecular flexibility index (Phi) is 6.19. The van der Waals surface area contributed by atoms with Crippen molar-refractivity contribution in [3.05, 3.63) is 0 Å². The summed E-state index contributed by atoms with van der Waals surface area (Å²) in [6.07, 6.45) is 0. The minimum atomic E-state index is -1.21. The Hall–Kier alpha value is -1.87. The second-order valence-corrected chi connectivity index (χ2v) is 4.54. The van der Waals surface area contributed by atoms with Crippen LogP contribution in [-0.2, 0) is 19.2 Å². The van der Waals surface area contributed by atoms with Crippen LogP contribution in [0.2, 0.25) is 0 Å². The van der Waals surface area contributed by atoms with Gasteiger partial charge in [-0.1, -0.05) is 0 Å². The summed E-state index contributed by atoms with van der Waals surface area (Å²) in [6, 6.07) is -1.49. The second-order valence-electron chi connectivity index (χ2n) is 4.54. The van der Waals surface area contributed by atoms with E-state index in [0.29, 0.717) is 6.61 Å². The molecule has 20 heavy (non-hydrogen) atoms. The highest BCUT2D eigenvalue weighted by molar-refractivity contribution is 5.87. The minimum absolute atomic E-state index is 0.0578. The Labute approximate surface area is 116 Å². The zero-order chi connectivity index (χ0) is 15.1. The predicted octanol–water partition coefficient (Wildman–Crippen LogP) is -1.06. The predicted molar refractivity (Wildman–Crippen MR) is 66.7 cm³/mol. The average molecular weight is 289 g/mol. The highest BCUT2D eigenvalue weighted by Crippen LogP contribution is 2.08. The van der Waals surface area contributed by atoms with Gasteiger partial charge in [0, 0.05) is 12.6 Å². The number of amides is 3. The first-order chi connectivity index (χ1) is 9.41. The van der Waals surface area contributed by atoms with Crippen molar-refractivity contribution in [1.82, 2.24) is 15.7 Å². The van der Waals surface area contributed by atoms with E-state index in [1.807, 2.05) is 19.3 Å². The largest absolute Gasteiger partial charge is 0.479 e. The summed E-state index contributed by atoms with van der Waals surface area (Å²) in [5.74, 6) is -1.53. The number of aliphatic carboxylic acids is 1. The van der Waals surface area contributed by atoms with Gasteiger partial charge in [-0.05, 0) is 13.8 Å². The van der Waals surface area contributed by atoms with Gasteiger partial charge in [0.15, 0.2) is 6.61 Å². The van der Waals surface area contributed by atoms with Crippen molar-refractivity contribution < 1.29 is 29.1 Å². The number of urea groups is 1. The van der Waals surface area contributed by atoms with E-state index in [-0.39, 0.29) is 25.1 Å². The lowest BCUT2D eigenvalue weighted by atomic mass is 10.2.